The Morgan fingerprint density at radius 2 is 1.81 bits per heavy atom. The van der Waals surface area contributed by atoms with Crippen LogP contribution in [0.5, 0.6) is 0 Å². The number of anilines is 1. The van der Waals surface area contributed by atoms with Crippen LogP contribution in [0, 0.1) is 0 Å². The molecule has 0 aliphatic carbocycles. The Balaban J connectivity index is 2.02. The minimum absolute atomic E-state index is 0.0612. The molecule has 0 saturated carbocycles. The van der Waals surface area contributed by atoms with E-state index in [-0.39, 0.29) is 30.7 Å². The summed E-state index contributed by atoms with van der Waals surface area (Å²) in [5, 5.41) is 18.2. The average Bonchev–Trinajstić information content (AvgIpc) is 2.97. The first-order chi connectivity index (χ1) is 12.3. The quantitative estimate of drug-likeness (QED) is 0.700. The zero-order chi connectivity index (χ0) is 19.3. The lowest BCUT2D eigenvalue weighted by molar-refractivity contribution is -0.136. The molecule has 0 aliphatic rings. The molecule has 0 unspecified atom stereocenters. The summed E-state index contributed by atoms with van der Waals surface area (Å²) >= 11 is 0. The second-order valence-electron chi connectivity index (χ2n) is 6.19. The number of aliphatic carboxylic acids is 1. The van der Waals surface area contributed by atoms with Crippen LogP contribution < -0.4 is 10.6 Å². The standard InChI is InChI=1S/C18H22N4O4/c1-11(2)16-14(10-22(3)21-16)18(26)20-13-6-4-12(5-7-13)17(25)19-9-8-15(23)24/h4-7,10-11H,8-9H2,1-3H3,(H,19,25)(H,20,26)(H,23,24). The molecule has 2 amide bonds. The van der Waals surface area contributed by atoms with Crippen molar-refractivity contribution in [3.8, 4) is 0 Å². The fourth-order valence-corrected chi connectivity index (χ4v) is 2.40. The first-order valence-electron chi connectivity index (χ1n) is 8.23. The highest BCUT2D eigenvalue weighted by Crippen LogP contribution is 2.19. The molecule has 1 heterocycles. The van der Waals surface area contributed by atoms with Crippen molar-refractivity contribution >= 4 is 23.5 Å². The minimum atomic E-state index is -0.973. The Morgan fingerprint density at radius 1 is 1.15 bits per heavy atom. The van der Waals surface area contributed by atoms with Crippen molar-refractivity contribution in [3.63, 3.8) is 0 Å². The molecule has 1 aromatic carbocycles. The highest BCUT2D eigenvalue weighted by Gasteiger charge is 2.18. The Labute approximate surface area is 151 Å². The van der Waals surface area contributed by atoms with E-state index < -0.39 is 5.97 Å². The third kappa shape index (κ3) is 4.92. The van der Waals surface area contributed by atoms with Crippen LogP contribution in [0.3, 0.4) is 0 Å². The SMILES string of the molecule is CC(C)c1nn(C)cc1C(=O)Nc1ccc(C(=O)NCCC(=O)O)cc1. The highest BCUT2D eigenvalue weighted by atomic mass is 16.4. The van der Waals surface area contributed by atoms with E-state index in [9.17, 15) is 14.4 Å². The van der Waals surface area contributed by atoms with Gasteiger partial charge in [-0.05, 0) is 30.2 Å². The Bertz CT molecular complexity index is 809. The number of nitrogens with zero attached hydrogens (tertiary/aromatic N) is 2. The van der Waals surface area contributed by atoms with E-state index in [0.29, 0.717) is 16.8 Å². The molecule has 0 radical (unpaired) electrons. The number of aromatic nitrogens is 2. The van der Waals surface area contributed by atoms with E-state index in [4.69, 9.17) is 5.11 Å². The van der Waals surface area contributed by atoms with Gasteiger partial charge in [-0.15, -0.1) is 0 Å². The minimum Gasteiger partial charge on any atom is -0.481 e. The van der Waals surface area contributed by atoms with Crippen molar-refractivity contribution in [2.75, 3.05) is 11.9 Å². The van der Waals surface area contributed by atoms with E-state index in [0.717, 1.165) is 5.69 Å². The summed E-state index contributed by atoms with van der Waals surface area (Å²) in [5.74, 6) is -1.48. The number of carbonyl (C=O) groups is 3. The molecule has 0 aliphatic heterocycles. The van der Waals surface area contributed by atoms with Gasteiger partial charge in [-0.2, -0.15) is 5.10 Å². The van der Waals surface area contributed by atoms with Crippen molar-refractivity contribution < 1.29 is 19.5 Å². The van der Waals surface area contributed by atoms with Crippen LogP contribution in [0.15, 0.2) is 30.5 Å². The maximum atomic E-state index is 12.5. The predicted octanol–water partition coefficient (Wildman–Crippen LogP) is 2.00. The number of carbonyl (C=O) groups excluding carboxylic acids is 2. The third-order valence-corrected chi connectivity index (χ3v) is 3.68. The largest absolute Gasteiger partial charge is 0.481 e. The van der Waals surface area contributed by atoms with Crippen LogP contribution in [0.4, 0.5) is 5.69 Å². The average molecular weight is 358 g/mol. The number of carboxylic acids is 1. The fourth-order valence-electron chi connectivity index (χ4n) is 2.40. The van der Waals surface area contributed by atoms with Gasteiger partial charge in [0.05, 0.1) is 17.7 Å². The molecule has 138 valence electrons. The number of hydrogen-bond acceptors (Lipinski definition) is 4. The van der Waals surface area contributed by atoms with Crippen LogP contribution in [-0.2, 0) is 11.8 Å². The lowest BCUT2D eigenvalue weighted by atomic mass is 10.1. The summed E-state index contributed by atoms with van der Waals surface area (Å²) in [6.45, 7) is 4.00. The van der Waals surface area contributed by atoms with Crippen molar-refractivity contribution in [2.45, 2.75) is 26.2 Å². The highest BCUT2D eigenvalue weighted by molar-refractivity contribution is 6.05. The number of amides is 2. The number of aryl methyl sites for hydroxylation is 1. The summed E-state index contributed by atoms with van der Waals surface area (Å²) in [4.78, 5) is 34.8. The van der Waals surface area contributed by atoms with Gasteiger partial charge in [-0.1, -0.05) is 13.8 Å². The molecule has 0 saturated heterocycles. The van der Waals surface area contributed by atoms with E-state index in [2.05, 4.69) is 15.7 Å². The van der Waals surface area contributed by atoms with Crippen LogP contribution in [0.2, 0.25) is 0 Å². The molecule has 2 aromatic rings. The van der Waals surface area contributed by atoms with Crippen molar-refractivity contribution in [1.29, 1.82) is 0 Å². The second kappa shape index (κ2) is 8.28. The maximum absolute atomic E-state index is 12.5. The normalized spacial score (nSPS) is 10.6. The van der Waals surface area contributed by atoms with Crippen LogP contribution in [-0.4, -0.2) is 39.2 Å². The molecule has 2 rings (SSSR count). The fraction of sp³-hybridized carbons (Fsp3) is 0.333. The van der Waals surface area contributed by atoms with Gasteiger partial charge in [0.25, 0.3) is 11.8 Å². The zero-order valence-corrected chi connectivity index (χ0v) is 14.9. The van der Waals surface area contributed by atoms with Crippen molar-refractivity contribution in [3.05, 3.63) is 47.3 Å². The summed E-state index contributed by atoms with van der Waals surface area (Å²) < 4.78 is 1.61. The van der Waals surface area contributed by atoms with Gasteiger partial charge in [-0.25, -0.2) is 0 Å². The molecule has 8 heteroatoms. The van der Waals surface area contributed by atoms with Gasteiger partial charge in [-0.3, -0.25) is 19.1 Å². The first kappa shape index (κ1) is 19.2. The lowest BCUT2D eigenvalue weighted by Crippen LogP contribution is -2.25. The number of carboxylic acid groups (broad SMARTS) is 1. The van der Waals surface area contributed by atoms with E-state index >= 15 is 0 Å². The molecule has 0 bridgehead atoms. The number of nitrogens with one attached hydrogen (secondary N) is 2. The van der Waals surface area contributed by atoms with Crippen molar-refractivity contribution in [2.24, 2.45) is 7.05 Å². The molecule has 0 atom stereocenters. The summed E-state index contributed by atoms with van der Waals surface area (Å²) in [7, 11) is 1.76. The number of rotatable bonds is 7. The summed E-state index contributed by atoms with van der Waals surface area (Å²) in [6, 6.07) is 6.38. The Hall–Kier alpha value is -3.16. The molecule has 0 fully saturated rings. The Kier molecular flexibility index (Phi) is 6.11. The maximum Gasteiger partial charge on any atom is 0.305 e. The van der Waals surface area contributed by atoms with Gasteiger partial charge in [0.15, 0.2) is 0 Å². The molecular formula is C18H22N4O4. The molecule has 1 aromatic heterocycles. The Morgan fingerprint density at radius 3 is 2.38 bits per heavy atom. The van der Waals surface area contributed by atoms with Gasteiger partial charge in [0.1, 0.15) is 0 Å². The summed E-state index contributed by atoms with van der Waals surface area (Å²) in [5.41, 5.74) is 2.17. The topological polar surface area (TPSA) is 113 Å². The van der Waals surface area contributed by atoms with Gasteiger partial charge >= 0.3 is 5.97 Å². The monoisotopic (exact) mass is 358 g/mol. The number of hydrogen-bond donors (Lipinski definition) is 3. The predicted molar refractivity (Wildman–Crippen MR) is 96.3 cm³/mol. The van der Waals surface area contributed by atoms with Crippen LogP contribution in [0.25, 0.3) is 0 Å². The van der Waals surface area contributed by atoms with Gasteiger partial charge in [0.2, 0.25) is 0 Å². The first-order valence-corrected chi connectivity index (χ1v) is 8.23. The molecule has 26 heavy (non-hydrogen) atoms. The van der Waals surface area contributed by atoms with E-state index in [1.807, 2.05) is 13.8 Å². The van der Waals surface area contributed by atoms with Crippen LogP contribution >= 0.6 is 0 Å². The van der Waals surface area contributed by atoms with E-state index in [1.54, 1.807) is 42.2 Å². The second-order valence-corrected chi connectivity index (χ2v) is 6.19. The summed E-state index contributed by atoms with van der Waals surface area (Å²) in [6.07, 6.45) is 1.54. The van der Waals surface area contributed by atoms with Gasteiger partial charge < -0.3 is 15.7 Å². The lowest BCUT2D eigenvalue weighted by Gasteiger charge is -2.08. The smallest absolute Gasteiger partial charge is 0.305 e. The van der Waals surface area contributed by atoms with E-state index in [1.165, 1.54) is 0 Å². The van der Waals surface area contributed by atoms with Crippen molar-refractivity contribution in [1.82, 2.24) is 15.1 Å². The van der Waals surface area contributed by atoms with Gasteiger partial charge in [0, 0.05) is 31.0 Å². The van der Waals surface area contributed by atoms with Crippen LogP contribution in [0.1, 0.15) is 52.6 Å². The molecule has 0 spiro atoms. The third-order valence-electron chi connectivity index (χ3n) is 3.68. The number of benzene rings is 1. The molecular weight excluding hydrogens is 336 g/mol. The molecule has 8 nitrogen and oxygen atoms in total. The molecule has 3 N–H and O–H groups in total. The zero-order valence-electron chi connectivity index (χ0n) is 14.9.